The van der Waals surface area contributed by atoms with Crippen molar-refractivity contribution in [3.63, 3.8) is 0 Å². The molecule has 2 N–H and O–H groups in total. The van der Waals surface area contributed by atoms with Crippen molar-refractivity contribution < 1.29 is 5.11 Å². The minimum Gasteiger partial charge on any atom is -0.396 e. The van der Waals surface area contributed by atoms with Crippen molar-refractivity contribution in [1.82, 2.24) is 5.32 Å². The Morgan fingerprint density at radius 3 is 2.94 bits per heavy atom. The van der Waals surface area contributed by atoms with Gasteiger partial charge in [-0.2, -0.15) is 0 Å². The Morgan fingerprint density at radius 2 is 2.25 bits per heavy atom. The molecule has 0 spiro atoms. The van der Waals surface area contributed by atoms with Gasteiger partial charge in [0.2, 0.25) is 0 Å². The topological polar surface area (TPSA) is 32.3 Å². The van der Waals surface area contributed by atoms with E-state index in [0.29, 0.717) is 12.1 Å². The lowest BCUT2D eigenvalue weighted by Crippen LogP contribution is -2.29. The van der Waals surface area contributed by atoms with Crippen LogP contribution in [0.2, 0.25) is 0 Å². The highest BCUT2D eigenvalue weighted by Gasteiger charge is 2.18. The van der Waals surface area contributed by atoms with Gasteiger partial charge in [-0.1, -0.05) is 0 Å². The molecule has 3 heteroatoms. The van der Waals surface area contributed by atoms with Gasteiger partial charge in [-0.25, -0.2) is 0 Å². The Labute approximate surface area is 102 Å². The van der Waals surface area contributed by atoms with Crippen molar-refractivity contribution in [1.29, 1.82) is 0 Å². The van der Waals surface area contributed by atoms with Crippen LogP contribution in [0.1, 0.15) is 48.0 Å². The van der Waals surface area contributed by atoms with Crippen molar-refractivity contribution >= 4 is 11.3 Å². The van der Waals surface area contributed by atoms with E-state index < -0.39 is 0 Å². The summed E-state index contributed by atoms with van der Waals surface area (Å²) < 4.78 is 0. The summed E-state index contributed by atoms with van der Waals surface area (Å²) in [6.45, 7) is 4.62. The number of hydrogen-bond donors (Lipinski definition) is 2. The number of aryl methyl sites for hydroxylation is 2. The monoisotopic (exact) mass is 239 g/mol. The Balaban J connectivity index is 1.95. The summed E-state index contributed by atoms with van der Waals surface area (Å²) in [6.07, 6.45) is 4.71. The fourth-order valence-corrected chi connectivity index (χ4v) is 3.62. The van der Waals surface area contributed by atoms with Crippen LogP contribution < -0.4 is 5.32 Å². The maximum atomic E-state index is 8.88. The lowest BCUT2D eigenvalue weighted by atomic mass is 10.1. The molecule has 1 aromatic heterocycles. The molecule has 1 aliphatic carbocycles. The first-order valence-corrected chi connectivity index (χ1v) is 7.00. The van der Waals surface area contributed by atoms with E-state index in [0.717, 1.165) is 6.42 Å². The molecule has 2 atom stereocenters. The Bertz CT molecular complexity index is 326. The molecule has 0 fully saturated rings. The molecule has 2 rings (SSSR count). The summed E-state index contributed by atoms with van der Waals surface area (Å²) in [4.78, 5) is 3.05. The minimum absolute atomic E-state index is 0.266. The van der Waals surface area contributed by atoms with Gasteiger partial charge in [0.15, 0.2) is 0 Å². The van der Waals surface area contributed by atoms with E-state index in [-0.39, 0.29) is 6.61 Å². The maximum absolute atomic E-state index is 8.88. The number of fused-ring (bicyclic) bond motifs is 1. The molecular formula is C13H21NOS. The van der Waals surface area contributed by atoms with E-state index in [1.807, 2.05) is 11.3 Å². The van der Waals surface area contributed by atoms with Crippen molar-refractivity contribution in [3.8, 4) is 0 Å². The van der Waals surface area contributed by atoms with Gasteiger partial charge in [-0.3, -0.25) is 0 Å². The third-order valence-electron chi connectivity index (χ3n) is 3.29. The smallest absolute Gasteiger partial charge is 0.0445 e. The van der Waals surface area contributed by atoms with Crippen LogP contribution in [0.3, 0.4) is 0 Å². The summed E-state index contributed by atoms with van der Waals surface area (Å²) in [5, 5.41) is 12.4. The molecule has 16 heavy (non-hydrogen) atoms. The average molecular weight is 239 g/mol. The summed E-state index contributed by atoms with van der Waals surface area (Å²) in [5.74, 6) is 0. The standard InChI is InChI=1S/C13H21NOS/c1-9(6-7-15)14-10(2)13-8-11-4-3-5-12(11)16-13/h8-10,14-15H,3-7H2,1-2H3/t9-,10?/m1/s1. The number of rotatable bonds is 5. The van der Waals surface area contributed by atoms with Crippen LogP contribution in [-0.2, 0) is 12.8 Å². The van der Waals surface area contributed by atoms with Crippen molar-refractivity contribution in [2.45, 2.75) is 51.6 Å². The van der Waals surface area contributed by atoms with Crippen LogP contribution in [0.5, 0.6) is 0 Å². The molecule has 0 saturated heterocycles. The number of aliphatic hydroxyl groups excluding tert-OH is 1. The van der Waals surface area contributed by atoms with Crippen molar-refractivity contribution in [2.75, 3.05) is 6.61 Å². The molecule has 0 aliphatic heterocycles. The molecule has 1 unspecified atom stereocenters. The van der Waals surface area contributed by atoms with Crippen LogP contribution in [0.25, 0.3) is 0 Å². The van der Waals surface area contributed by atoms with Gasteiger partial charge < -0.3 is 10.4 Å². The molecular weight excluding hydrogens is 218 g/mol. The second kappa shape index (κ2) is 5.30. The second-order valence-electron chi connectivity index (χ2n) is 4.75. The largest absolute Gasteiger partial charge is 0.396 e. The van der Waals surface area contributed by atoms with E-state index in [9.17, 15) is 0 Å². The summed E-state index contributed by atoms with van der Waals surface area (Å²) in [7, 11) is 0. The van der Waals surface area contributed by atoms with E-state index in [1.165, 1.54) is 24.1 Å². The zero-order chi connectivity index (χ0) is 11.5. The molecule has 0 radical (unpaired) electrons. The number of thiophene rings is 1. The van der Waals surface area contributed by atoms with Gasteiger partial charge >= 0.3 is 0 Å². The molecule has 0 saturated carbocycles. The molecule has 2 nitrogen and oxygen atoms in total. The van der Waals surface area contributed by atoms with Crippen molar-refractivity contribution in [3.05, 3.63) is 21.4 Å². The Hall–Kier alpha value is -0.380. The quantitative estimate of drug-likeness (QED) is 0.828. The zero-order valence-corrected chi connectivity index (χ0v) is 10.9. The van der Waals surface area contributed by atoms with Gasteiger partial charge in [0.1, 0.15) is 0 Å². The van der Waals surface area contributed by atoms with E-state index in [4.69, 9.17) is 5.11 Å². The molecule has 1 heterocycles. The van der Waals surface area contributed by atoms with Gasteiger partial charge in [0.05, 0.1) is 0 Å². The maximum Gasteiger partial charge on any atom is 0.0445 e. The number of aliphatic hydroxyl groups is 1. The highest BCUT2D eigenvalue weighted by atomic mass is 32.1. The Morgan fingerprint density at radius 1 is 1.44 bits per heavy atom. The van der Waals surface area contributed by atoms with Crippen LogP contribution in [0.4, 0.5) is 0 Å². The molecule has 0 aromatic carbocycles. The first-order valence-electron chi connectivity index (χ1n) is 6.19. The number of nitrogens with one attached hydrogen (secondary N) is 1. The van der Waals surface area contributed by atoms with E-state index in [2.05, 4.69) is 25.2 Å². The molecule has 90 valence electrons. The number of hydrogen-bond acceptors (Lipinski definition) is 3. The first-order chi connectivity index (χ1) is 7.70. The summed E-state index contributed by atoms with van der Waals surface area (Å²) >= 11 is 1.97. The van der Waals surface area contributed by atoms with Gasteiger partial charge in [0, 0.05) is 28.4 Å². The Kier molecular flexibility index (Phi) is 4.00. The minimum atomic E-state index is 0.266. The predicted octanol–water partition coefficient (Wildman–Crippen LogP) is 2.66. The zero-order valence-electron chi connectivity index (χ0n) is 10.1. The molecule has 0 bridgehead atoms. The third kappa shape index (κ3) is 2.65. The third-order valence-corrected chi connectivity index (χ3v) is 4.71. The highest BCUT2D eigenvalue weighted by Crippen LogP contribution is 2.33. The fourth-order valence-electron chi connectivity index (χ4n) is 2.35. The SMILES string of the molecule is CC(N[C@H](C)CCO)c1cc2c(s1)CCC2. The van der Waals surface area contributed by atoms with E-state index in [1.54, 1.807) is 10.4 Å². The van der Waals surface area contributed by atoms with Crippen LogP contribution >= 0.6 is 11.3 Å². The fraction of sp³-hybridized carbons (Fsp3) is 0.692. The molecule has 1 aliphatic rings. The second-order valence-corrected chi connectivity index (χ2v) is 5.92. The van der Waals surface area contributed by atoms with Gasteiger partial charge in [0.25, 0.3) is 0 Å². The first kappa shape index (κ1) is 12.1. The predicted molar refractivity (Wildman–Crippen MR) is 69.1 cm³/mol. The van der Waals surface area contributed by atoms with Crippen LogP contribution in [0, 0.1) is 0 Å². The average Bonchev–Trinajstić information content (AvgIpc) is 2.76. The van der Waals surface area contributed by atoms with Crippen molar-refractivity contribution in [2.24, 2.45) is 0 Å². The lowest BCUT2D eigenvalue weighted by Gasteiger charge is -2.18. The van der Waals surface area contributed by atoms with Gasteiger partial charge in [-0.15, -0.1) is 11.3 Å². The summed E-state index contributed by atoms with van der Waals surface area (Å²) in [5.41, 5.74) is 1.57. The van der Waals surface area contributed by atoms with Gasteiger partial charge in [-0.05, 0) is 51.2 Å². The summed E-state index contributed by atoms with van der Waals surface area (Å²) in [6, 6.07) is 3.17. The highest BCUT2D eigenvalue weighted by molar-refractivity contribution is 7.12. The van der Waals surface area contributed by atoms with E-state index >= 15 is 0 Å². The molecule has 0 amide bonds. The molecule has 1 aromatic rings. The van der Waals surface area contributed by atoms with Crippen LogP contribution in [-0.4, -0.2) is 17.8 Å². The lowest BCUT2D eigenvalue weighted by molar-refractivity contribution is 0.265. The normalized spacial score (nSPS) is 18.4. The van der Waals surface area contributed by atoms with Crippen LogP contribution in [0.15, 0.2) is 6.07 Å².